The summed E-state index contributed by atoms with van der Waals surface area (Å²) in [5.41, 5.74) is 4.61. The molecule has 3 heteroatoms. The molecule has 1 aromatic heterocycles. The van der Waals surface area contributed by atoms with Crippen LogP contribution in [0.4, 0.5) is 5.82 Å². The molecule has 0 atom stereocenters. The Labute approximate surface area is 161 Å². The van der Waals surface area contributed by atoms with Crippen LogP contribution in [0.2, 0.25) is 0 Å². The van der Waals surface area contributed by atoms with E-state index in [0.29, 0.717) is 5.56 Å². The highest BCUT2D eigenvalue weighted by atomic mass is 15.2. The molecular formula is C24H25N3. The molecule has 2 aromatic carbocycles. The normalized spacial score (nSPS) is 10.4. The quantitative estimate of drug-likeness (QED) is 0.528. The van der Waals surface area contributed by atoms with Gasteiger partial charge in [-0.25, -0.2) is 4.98 Å². The van der Waals surface area contributed by atoms with Crippen LogP contribution in [0, 0.1) is 11.3 Å². The summed E-state index contributed by atoms with van der Waals surface area (Å²) in [4.78, 5) is 7.19. The maximum absolute atomic E-state index is 9.99. The minimum absolute atomic E-state index is 0.655. The van der Waals surface area contributed by atoms with E-state index in [1.54, 1.807) is 0 Å². The third-order valence-corrected chi connectivity index (χ3v) is 4.55. The van der Waals surface area contributed by atoms with Crippen molar-refractivity contribution < 1.29 is 0 Å². The van der Waals surface area contributed by atoms with Crippen LogP contribution in [0.15, 0.2) is 66.7 Å². The summed E-state index contributed by atoms with van der Waals surface area (Å²) in [6.45, 7) is 6.10. The fourth-order valence-electron chi connectivity index (χ4n) is 3.34. The van der Waals surface area contributed by atoms with E-state index in [1.807, 2.05) is 42.5 Å². The second kappa shape index (κ2) is 9.00. The molecule has 1 heterocycles. The van der Waals surface area contributed by atoms with Gasteiger partial charge in [0.2, 0.25) is 0 Å². The van der Waals surface area contributed by atoms with Gasteiger partial charge in [-0.3, -0.25) is 0 Å². The number of anilines is 1. The topological polar surface area (TPSA) is 39.9 Å². The van der Waals surface area contributed by atoms with E-state index in [-0.39, 0.29) is 0 Å². The molecule has 27 heavy (non-hydrogen) atoms. The first-order chi connectivity index (χ1) is 13.3. The van der Waals surface area contributed by atoms with E-state index >= 15 is 0 Å². The highest BCUT2D eigenvalue weighted by molar-refractivity contribution is 5.81. The van der Waals surface area contributed by atoms with Gasteiger partial charge in [0.15, 0.2) is 0 Å². The molecule has 3 nitrogen and oxygen atoms in total. The van der Waals surface area contributed by atoms with E-state index in [1.165, 1.54) is 0 Å². The van der Waals surface area contributed by atoms with Gasteiger partial charge in [0.1, 0.15) is 17.5 Å². The minimum atomic E-state index is 0.655. The molecule has 0 aliphatic carbocycles. The Kier molecular flexibility index (Phi) is 6.22. The number of nitrogens with zero attached hydrogens (tertiary/aromatic N) is 3. The summed E-state index contributed by atoms with van der Waals surface area (Å²) in [5, 5.41) is 9.99. The van der Waals surface area contributed by atoms with Gasteiger partial charge >= 0.3 is 0 Å². The molecule has 0 bridgehead atoms. The van der Waals surface area contributed by atoms with Gasteiger partial charge in [0.05, 0.1) is 5.69 Å². The van der Waals surface area contributed by atoms with Crippen molar-refractivity contribution in [2.75, 3.05) is 18.0 Å². The molecule has 3 aromatic rings. The average molecular weight is 355 g/mol. The number of hydrogen-bond acceptors (Lipinski definition) is 3. The average Bonchev–Trinajstić information content (AvgIpc) is 2.74. The zero-order valence-corrected chi connectivity index (χ0v) is 16.0. The third kappa shape index (κ3) is 4.17. The molecule has 0 radical (unpaired) electrons. The lowest BCUT2D eigenvalue weighted by Crippen LogP contribution is -2.27. The highest BCUT2D eigenvalue weighted by Gasteiger charge is 2.19. The minimum Gasteiger partial charge on any atom is -0.356 e. The van der Waals surface area contributed by atoms with Gasteiger partial charge in [-0.1, -0.05) is 74.5 Å². The summed E-state index contributed by atoms with van der Waals surface area (Å²) in [6.07, 6.45) is 2.03. The Morgan fingerprint density at radius 3 is 1.93 bits per heavy atom. The molecule has 136 valence electrons. The van der Waals surface area contributed by atoms with Crippen molar-refractivity contribution in [3.63, 3.8) is 0 Å². The maximum atomic E-state index is 9.99. The number of pyridine rings is 1. The Morgan fingerprint density at radius 1 is 0.852 bits per heavy atom. The lowest BCUT2D eigenvalue weighted by molar-refractivity contribution is 0.734. The van der Waals surface area contributed by atoms with Gasteiger partial charge in [-0.2, -0.15) is 5.26 Å². The predicted octanol–water partition coefficient (Wildman–Crippen LogP) is 5.91. The molecule has 0 amide bonds. The monoisotopic (exact) mass is 355 g/mol. The van der Waals surface area contributed by atoms with Crippen molar-refractivity contribution in [1.82, 2.24) is 4.98 Å². The first kappa shape index (κ1) is 18.7. The van der Waals surface area contributed by atoms with Crippen LogP contribution < -0.4 is 4.90 Å². The Bertz CT molecular complexity index is 906. The number of aromatic nitrogens is 1. The van der Waals surface area contributed by atoms with Gasteiger partial charge < -0.3 is 4.90 Å². The summed E-state index contributed by atoms with van der Waals surface area (Å²) in [7, 11) is 0. The molecule has 0 aliphatic rings. The lowest BCUT2D eigenvalue weighted by Gasteiger charge is -2.25. The molecule has 0 spiro atoms. The van der Waals surface area contributed by atoms with Crippen LogP contribution in [-0.2, 0) is 0 Å². The zero-order valence-electron chi connectivity index (χ0n) is 16.0. The van der Waals surface area contributed by atoms with E-state index in [9.17, 15) is 5.26 Å². The summed E-state index contributed by atoms with van der Waals surface area (Å²) >= 11 is 0. The SMILES string of the molecule is CCCN(CCC)c1nc(-c2ccccc2)cc(-c2ccccc2)c1C#N. The highest BCUT2D eigenvalue weighted by Crippen LogP contribution is 2.34. The summed E-state index contributed by atoms with van der Waals surface area (Å²) in [6, 6.07) is 24.8. The van der Waals surface area contributed by atoms with E-state index < -0.39 is 0 Å². The molecular weight excluding hydrogens is 330 g/mol. The van der Waals surface area contributed by atoms with Crippen LogP contribution in [0.25, 0.3) is 22.4 Å². The van der Waals surface area contributed by atoms with Crippen molar-refractivity contribution in [1.29, 1.82) is 5.26 Å². The summed E-state index contributed by atoms with van der Waals surface area (Å²) in [5.74, 6) is 0.793. The van der Waals surface area contributed by atoms with Crippen molar-refractivity contribution in [3.05, 3.63) is 72.3 Å². The van der Waals surface area contributed by atoms with Gasteiger partial charge in [0.25, 0.3) is 0 Å². The summed E-state index contributed by atoms with van der Waals surface area (Å²) < 4.78 is 0. The van der Waals surface area contributed by atoms with E-state index in [4.69, 9.17) is 4.98 Å². The van der Waals surface area contributed by atoms with Crippen molar-refractivity contribution in [2.45, 2.75) is 26.7 Å². The predicted molar refractivity (Wildman–Crippen MR) is 113 cm³/mol. The lowest BCUT2D eigenvalue weighted by atomic mass is 9.98. The maximum Gasteiger partial charge on any atom is 0.147 e. The smallest absolute Gasteiger partial charge is 0.147 e. The second-order valence-corrected chi connectivity index (χ2v) is 6.58. The van der Waals surface area contributed by atoms with Crippen molar-refractivity contribution in [3.8, 4) is 28.5 Å². The van der Waals surface area contributed by atoms with Gasteiger partial charge in [-0.15, -0.1) is 0 Å². The zero-order chi connectivity index (χ0) is 19.1. The van der Waals surface area contributed by atoms with Crippen LogP contribution in [-0.4, -0.2) is 18.1 Å². The van der Waals surface area contributed by atoms with Crippen LogP contribution in [0.1, 0.15) is 32.3 Å². The van der Waals surface area contributed by atoms with Gasteiger partial charge in [0, 0.05) is 24.2 Å². The first-order valence-electron chi connectivity index (χ1n) is 9.59. The molecule has 0 unspecified atom stereocenters. The van der Waals surface area contributed by atoms with Crippen LogP contribution >= 0.6 is 0 Å². The molecule has 0 N–H and O–H groups in total. The number of hydrogen-bond donors (Lipinski definition) is 0. The molecule has 3 rings (SSSR count). The number of nitriles is 1. The number of benzene rings is 2. The third-order valence-electron chi connectivity index (χ3n) is 4.55. The van der Waals surface area contributed by atoms with E-state index in [0.717, 1.165) is 54.1 Å². The molecule has 0 saturated heterocycles. The van der Waals surface area contributed by atoms with Crippen molar-refractivity contribution >= 4 is 5.82 Å². The van der Waals surface area contributed by atoms with Crippen molar-refractivity contribution in [2.24, 2.45) is 0 Å². The van der Waals surface area contributed by atoms with Crippen LogP contribution in [0.3, 0.4) is 0 Å². The Morgan fingerprint density at radius 2 is 1.41 bits per heavy atom. The standard InChI is InChI=1S/C24H25N3/c1-3-15-27(16-4-2)24-22(18-25)21(19-11-7-5-8-12-19)17-23(26-24)20-13-9-6-10-14-20/h5-14,17H,3-4,15-16H2,1-2H3. The first-order valence-corrected chi connectivity index (χ1v) is 9.59. The second-order valence-electron chi connectivity index (χ2n) is 6.58. The number of rotatable bonds is 7. The van der Waals surface area contributed by atoms with Gasteiger partial charge in [-0.05, 0) is 24.5 Å². The molecule has 0 aliphatic heterocycles. The largest absolute Gasteiger partial charge is 0.356 e. The fourth-order valence-corrected chi connectivity index (χ4v) is 3.34. The fraction of sp³-hybridized carbons (Fsp3) is 0.250. The van der Waals surface area contributed by atoms with Crippen LogP contribution in [0.5, 0.6) is 0 Å². The molecule has 0 saturated carbocycles. The Balaban J connectivity index is 2.26. The van der Waals surface area contributed by atoms with E-state index in [2.05, 4.69) is 49.1 Å². The Hall–Kier alpha value is -3.12. The molecule has 0 fully saturated rings.